The van der Waals surface area contributed by atoms with Crippen LogP contribution < -0.4 is 5.32 Å². The van der Waals surface area contributed by atoms with Gasteiger partial charge in [0.1, 0.15) is 6.23 Å². The molecule has 0 aliphatic heterocycles. The van der Waals surface area contributed by atoms with Crippen molar-refractivity contribution in [2.24, 2.45) is 0 Å². The average Bonchev–Trinajstić information content (AvgIpc) is 2.33. The van der Waals surface area contributed by atoms with Gasteiger partial charge in [-0.15, -0.1) is 0 Å². The third-order valence-electron chi connectivity index (χ3n) is 3.04. The first kappa shape index (κ1) is 17.8. The van der Waals surface area contributed by atoms with Crippen LogP contribution >= 0.6 is 0 Å². The molecule has 0 spiro atoms. The van der Waals surface area contributed by atoms with Gasteiger partial charge in [0.15, 0.2) is 0 Å². The van der Waals surface area contributed by atoms with Gasteiger partial charge in [-0.2, -0.15) is 0 Å². The topological polar surface area (TPSA) is 44.7 Å². The largest absolute Gasteiger partial charge is 0.385 e. The molecule has 2 N–H and O–H groups in total. The third-order valence-corrected chi connectivity index (χ3v) is 3.04. The van der Waals surface area contributed by atoms with Gasteiger partial charge in [0.2, 0.25) is 0 Å². The van der Waals surface area contributed by atoms with Crippen LogP contribution in [0.15, 0.2) is 0 Å². The zero-order valence-corrected chi connectivity index (χ0v) is 12.5. The number of unbranched alkanes of at least 4 members (excludes halogenated alkanes) is 4. The monoisotopic (exact) mass is 260 g/mol. The maximum Gasteiger partial charge on any atom is 0.102 e. The molecule has 0 saturated heterocycles. The summed E-state index contributed by atoms with van der Waals surface area (Å²) in [5, 5.41) is 12.0. The summed E-state index contributed by atoms with van der Waals surface area (Å²) in [5.41, 5.74) is 0. The van der Waals surface area contributed by atoms with Crippen molar-refractivity contribution >= 4 is 0 Å². The Labute approximate surface area is 113 Å². The standard InChI is InChI=1S/C14H32N2O2/c1-14(17)15-10-6-4-5-7-11-16(2)12-8-9-13-18-3/h14-15,17H,4-13H2,1-3H3. The van der Waals surface area contributed by atoms with Crippen LogP contribution in [-0.4, -0.2) is 56.6 Å². The molecule has 0 saturated carbocycles. The smallest absolute Gasteiger partial charge is 0.102 e. The van der Waals surface area contributed by atoms with E-state index in [9.17, 15) is 0 Å². The average molecular weight is 260 g/mol. The van der Waals surface area contributed by atoms with Crippen molar-refractivity contribution in [1.82, 2.24) is 10.2 Å². The van der Waals surface area contributed by atoms with Crippen LogP contribution in [0.25, 0.3) is 0 Å². The number of nitrogens with one attached hydrogen (secondary N) is 1. The van der Waals surface area contributed by atoms with Crippen LogP contribution in [-0.2, 0) is 4.74 Å². The first-order chi connectivity index (χ1) is 8.66. The maximum absolute atomic E-state index is 9.02. The van der Waals surface area contributed by atoms with Crippen LogP contribution in [0.5, 0.6) is 0 Å². The van der Waals surface area contributed by atoms with Gasteiger partial charge >= 0.3 is 0 Å². The minimum atomic E-state index is -0.372. The Morgan fingerprint density at radius 3 is 2.28 bits per heavy atom. The Morgan fingerprint density at radius 1 is 1.06 bits per heavy atom. The molecule has 0 rings (SSSR count). The van der Waals surface area contributed by atoms with Gasteiger partial charge in [-0.3, -0.25) is 5.32 Å². The number of aliphatic hydroxyl groups is 1. The summed E-state index contributed by atoms with van der Waals surface area (Å²) in [6, 6.07) is 0. The van der Waals surface area contributed by atoms with Gasteiger partial charge in [-0.05, 0) is 59.3 Å². The van der Waals surface area contributed by atoms with Gasteiger partial charge in [0.05, 0.1) is 0 Å². The van der Waals surface area contributed by atoms with Crippen molar-refractivity contribution < 1.29 is 9.84 Å². The summed E-state index contributed by atoms with van der Waals surface area (Å²) in [7, 11) is 3.96. The second-order valence-corrected chi connectivity index (χ2v) is 5.05. The number of rotatable bonds is 13. The van der Waals surface area contributed by atoms with E-state index in [0.717, 1.165) is 26.0 Å². The van der Waals surface area contributed by atoms with Crippen molar-refractivity contribution in [2.45, 2.75) is 51.7 Å². The number of hydrogen-bond acceptors (Lipinski definition) is 4. The van der Waals surface area contributed by atoms with Gasteiger partial charge in [0.25, 0.3) is 0 Å². The molecule has 4 heteroatoms. The molecule has 0 amide bonds. The molecule has 0 fully saturated rings. The van der Waals surface area contributed by atoms with E-state index in [2.05, 4.69) is 17.3 Å². The Bertz CT molecular complexity index is 166. The Morgan fingerprint density at radius 2 is 1.67 bits per heavy atom. The molecule has 0 radical (unpaired) electrons. The zero-order chi connectivity index (χ0) is 13.6. The lowest BCUT2D eigenvalue weighted by Gasteiger charge is -2.16. The molecule has 1 atom stereocenters. The summed E-state index contributed by atoms with van der Waals surface area (Å²) in [4.78, 5) is 2.41. The Kier molecular flexibility index (Phi) is 13.2. The Hall–Kier alpha value is -0.160. The van der Waals surface area contributed by atoms with Crippen LogP contribution in [0.3, 0.4) is 0 Å². The van der Waals surface area contributed by atoms with Gasteiger partial charge in [-0.1, -0.05) is 12.8 Å². The molecule has 0 aromatic carbocycles. The number of ether oxygens (including phenoxy) is 1. The van der Waals surface area contributed by atoms with E-state index in [1.807, 2.05) is 0 Å². The lowest BCUT2D eigenvalue weighted by atomic mass is 10.2. The van der Waals surface area contributed by atoms with Gasteiger partial charge in [0, 0.05) is 13.7 Å². The van der Waals surface area contributed by atoms with Crippen LogP contribution in [0.4, 0.5) is 0 Å². The normalized spacial score (nSPS) is 13.2. The lowest BCUT2D eigenvalue weighted by molar-refractivity contribution is 0.156. The zero-order valence-electron chi connectivity index (χ0n) is 12.5. The minimum Gasteiger partial charge on any atom is -0.385 e. The molecule has 0 aromatic heterocycles. The van der Waals surface area contributed by atoms with E-state index in [1.165, 1.54) is 38.8 Å². The highest BCUT2D eigenvalue weighted by atomic mass is 16.5. The van der Waals surface area contributed by atoms with Crippen LogP contribution in [0, 0.1) is 0 Å². The molecule has 110 valence electrons. The lowest BCUT2D eigenvalue weighted by Crippen LogP contribution is -2.26. The third kappa shape index (κ3) is 13.9. The number of hydrogen-bond donors (Lipinski definition) is 2. The van der Waals surface area contributed by atoms with E-state index < -0.39 is 0 Å². The molecular formula is C14H32N2O2. The molecule has 0 aliphatic rings. The molecule has 0 heterocycles. The fourth-order valence-electron chi connectivity index (χ4n) is 1.91. The summed E-state index contributed by atoms with van der Waals surface area (Å²) in [6.45, 7) is 5.93. The van der Waals surface area contributed by atoms with Crippen molar-refractivity contribution in [3.63, 3.8) is 0 Å². The second-order valence-electron chi connectivity index (χ2n) is 5.05. The fraction of sp³-hybridized carbons (Fsp3) is 1.00. The van der Waals surface area contributed by atoms with Crippen LogP contribution in [0.1, 0.15) is 45.4 Å². The highest BCUT2D eigenvalue weighted by Gasteiger charge is 1.98. The predicted octanol–water partition coefficient (Wildman–Crippen LogP) is 1.83. The number of nitrogens with zero attached hydrogens (tertiary/aromatic N) is 1. The highest BCUT2D eigenvalue weighted by molar-refractivity contribution is 4.54. The first-order valence-corrected chi connectivity index (χ1v) is 7.25. The van der Waals surface area contributed by atoms with Crippen molar-refractivity contribution in [3.8, 4) is 0 Å². The van der Waals surface area contributed by atoms with Gasteiger partial charge < -0.3 is 14.7 Å². The van der Waals surface area contributed by atoms with Gasteiger partial charge in [-0.25, -0.2) is 0 Å². The quantitative estimate of drug-likeness (QED) is 0.392. The molecule has 1 unspecified atom stereocenters. The highest BCUT2D eigenvalue weighted by Crippen LogP contribution is 2.01. The predicted molar refractivity (Wildman–Crippen MR) is 76.8 cm³/mol. The molecule has 4 nitrogen and oxygen atoms in total. The maximum atomic E-state index is 9.02. The van der Waals surface area contributed by atoms with Crippen LogP contribution in [0.2, 0.25) is 0 Å². The second kappa shape index (κ2) is 13.3. The molecule has 0 aromatic rings. The summed E-state index contributed by atoms with van der Waals surface area (Å²) in [5.74, 6) is 0. The Balaban J connectivity index is 3.12. The number of methoxy groups -OCH3 is 1. The summed E-state index contributed by atoms with van der Waals surface area (Å²) in [6.07, 6.45) is 6.97. The SMILES string of the molecule is COCCCCN(C)CCCCCCNC(C)O. The molecule has 0 bridgehead atoms. The van der Waals surface area contributed by atoms with Crippen molar-refractivity contribution in [2.75, 3.05) is 40.4 Å². The first-order valence-electron chi connectivity index (χ1n) is 7.25. The van der Waals surface area contributed by atoms with Crippen molar-refractivity contribution in [1.29, 1.82) is 0 Å². The fourth-order valence-corrected chi connectivity index (χ4v) is 1.91. The van der Waals surface area contributed by atoms with E-state index in [4.69, 9.17) is 9.84 Å². The van der Waals surface area contributed by atoms with E-state index >= 15 is 0 Å². The summed E-state index contributed by atoms with van der Waals surface area (Å²) >= 11 is 0. The minimum absolute atomic E-state index is 0.372. The molecule has 18 heavy (non-hydrogen) atoms. The van der Waals surface area contributed by atoms with E-state index in [0.29, 0.717) is 0 Å². The number of aliphatic hydroxyl groups excluding tert-OH is 1. The molecule has 0 aliphatic carbocycles. The van der Waals surface area contributed by atoms with Crippen molar-refractivity contribution in [3.05, 3.63) is 0 Å². The summed E-state index contributed by atoms with van der Waals surface area (Å²) < 4.78 is 5.03. The van der Waals surface area contributed by atoms with E-state index in [1.54, 1.807) is 14.0 Å². The van der Waals surface area contributed by atoms with E-state index in [-0.39, 0.29) is 6.23 Å². The molecular weight excluding hydrogens is 228 g/mol.